The molecular weight excluding hydrogens is 623 g/mol. The first-order valence-electron chi connectivity index (χ1n) is 12.5. The molecule has 0 bridgehead atoms. The zero-order chi connectivity index (χ0) is 22.7. The van der Waals surface area contributed by atoms with E-state index >= 15 is 0 Å². The summed E-state index contributed by atoms with van der Waals surface area (Å²) in [4.78, 5) is 0. The summed E-state index contributed by atoms with van der Waals surface area (Å²) in [6.45, 7) is 14.1. The molecular formula is C31H38Br2Zr. The Morgan fingerprint density at radius 2 is 1.24 bits per heavy atom. The molecule has 0 aromatic heterocycles. The van der Waals surface area contributed by atoms with Crippen LogP contribution in [0.1, 0.15) is 99.5 Å². The van der Waals surface area contributed by atoms with Crippen molar-refractivity contribution in [2.24, 2.45) is 0 Å². The van der Waals surface area contributed by atoms with Crippen molar-refractivity contribution in [2.45, 2.75) is 88.1 Å². The Morgan fingerprint density at radius 3 is 1.65 bits per heavy atom. The summed E-state index contributed by atoms with van der Waals surface area (Å²) in [6, 6.07) is 15.0. The summed E-state index contributed by atoms with van der Waals surface area (Å²) in [5, 5.41) is 0. The van der Waals surface area contributed by atoms with Crippen LogP contribution in [0.3, 0.4) is 0 Å². The van der Waals surface area contributed by atoms with Crippen molar-refractivity contribution in [3.8, 4) is 11.1 Å². The van der Waals surface area contributed by atoms with Crippen LogP contribution in [-0.4, -0.2) is 3.21 Å². The van der Waals surface area contributed by atoms with Crippen LogP contribution in [0.25, 0.3) is 11.1 Å². The van der Waals surface area contributed by atoms with E-state index in [1.165, 1.54) is 54.4 Å². The summed E-state index contributed by atoms with van der Waals surface area (Å²) >= 11 is -2.02. The van der Waals surface area contributed by atoms with Gasteiger partial charge in [-0.3, -0.25) is 0 Å². The maximum Gasteiger partial charge on any atom is -1.00 e. The van der Waals surface area contributed by atoms with Crippen LogP contribution >= 0.6 is 0 Å². The zero-order valence-corrected chi connectivity index (χ0v) is 27.2. The Morgan fingerprint density at radius 1 is 0.735 bits per heavy atom. The molecule has 0 aliphatic heterocycles. The van der Waals surface area contributed by atoms with Crippen molar-refractivity contribution in [3.05, 3.63) is 80.2 Å². The van der Waals surface area contributed by atoms with Gasteiger partial charge in [-0.2, -0.15) is 0 Å². The molecule has 0 saturated heterocycles. The largest absolute Gasteiger partial charge is 1.00 e. The molecule has 0 unspecified atom stereocenters. The maximum absolute atomic E-state index is 2.54. The molecule has 0 nitrogen and oxygen atoms in total. The molecule has 3 aliphatic carbocycles. The van der Waals surface area contributed by atoms with Gasteiger partial charge in [0.25, 0.3) is 0 Å². The van der Waals surface area contributed by atoms with E-state index in [0.29, 0.717) is 3.63 Å². The molecule has 3 heteroatoms. The molecule has 180 valence electrons. The second-order valence-corrected chi connectivity index (χ2v) is 18.9. The van der Waals surface area contributed by atoms with Crippen LogP contribution in [0.4, 0.5) is 0 Å². The van der Waals surface area contributed by atoms with Crippen LogP contribution < -0.4 is 34.0 Å². The van der Waals surface area contributed by atoms with E-state index in [9.17, 15) is 0 Å². The van der Waals surface area contributed by atoms with Crippen molar-refractivity contribution in [1.82, 2.24) is 0 Å². The Balaban J connectivity index is 0.00000162. The van der Waals surface area contributed by atoms with Gasteiger partial charge in [-0.05, 0) is 0 Å². The summed E-state index contributed by atoms with van der Waals surface area (Å²) in [5.41, 5.74) is 9.62. The predicted octanol–water partition coefficient (Wildman–Crippen LogP) is 2.57. The summed E-state index contributed by atoms with van der Waals surface area (Å²) in [5.74, 6) is 0. The van der Waals surface area contributed by atoms with Gasteiger partial charge in [-0.15, -0.1) is 0 Å². The fraction of sp³-hybridized carbons (Fsp3) is 0.452. The molecule has 0 amide bonds. The van der Waals surface area contributed by atoms with Crippen molar-refractivity contribution < 1.29 is 55.2 Å². The smallest absolute Gasteiger partial charge is 1.00 e. The molecule has 0 spiro atoms. The molecule has 2 aromatic carbocycles. The van der Waals surface area contributed by atoms with Crippen LogP contribution in [0.2, 0.25) is 0 Å². The van der Waals surface area contributed by atoms with E-state index in [-0.39, 0.29) is 44.8 Å². The van der Waals surface area contributed by atoms with E-state index in [0.717, 1.165) is 0 Å². The minimum Gasteiger partial charge on any atom is -1.00 e. The van der Waals surface area contributed by atoms with Gasteiger partial charge in [0.15, 0.2) is 0 Å². The number of halogens is 2. The van der Waals surface area contributed by atoms with E-state index in [1.54, 1.807) is 11.1 Å². The zero-order valence-electron chi connectivity index (χ0n) is 21.6. The second-order valence-electron chi connectivity index (χ2n) is 12.1. The molecule has 0 radical (unpaired) electrons. The first-order chi connectivity index (χ1) is 15.1. The molecule has 2 aromatic rings. The number of rotatable bonds is 2. The molecule has 0 heterocycles. The Hall–Kier alpha value is -0.367. The molecule has 34 heavy (non-hydrogen) atoms. The normalized spacial score (nSPS) is 16.9. The molecule has 0 atom stereocenters. The van der Waals surface area contributed by atoms with Crippen molar-refractivity contribution >= 4 is 3.21 Å². The number of hydrogen-bond donors (Lipinski definition) is 0. The van der Waals surface area contributed by atoms with Crippen molar-refractivity contribution in [1.29, 1.82) is 0 Å². The Labute approximate surface area is 236 Å². The fourth-order valence-electron chi connectivity index (χ4n) is 5.83. The van der Waals surface area contributed by atoms with Gasteiger partial charge < -0.3 is 34.0 Å². The quantitative estimate of drug-likeness (QED) is 0.465. The Kier molecular flexibility index (Phi) is 8.75. The Bertz CT molecular complexity index is 1100. The number of hydrogen-bond acceptors (Lipinski definition) is 0. The fourth-order valence-corrected chi connectivity index (χ4v) is 15.3. The van der Waals surface area contributed by atoms with Gasteiger partial charge in [0.05, 0.1) is 0 Å². The predicted molar refractivity (Wildman–Crippen MR) is 136 cm³/mol. The third-order valence-corrected chi connectivity index (χ3v) is 16.4. The third kappa shape index (κ3) is 5.19. The van der Waals surface area contributed by atoms with Crippen LogP contribution in [0.5, 0.6) is 0 Å². The monoisotopic (exact) mass is 658 g/mol. The SMILES string of the molecule is CC(C)(C)c1ccc2c(c1)-c1cc(C(C)(C)C)ccc1[CH]2[Zr+2]([C]1=CC=CC1)=[C]1CCCC1.[Br-].[Br-]. The topological polar surface area (TPSA) is 0 Å². The van der Waals surface area contributed by atoms with Gasteiger partial charge in [0.1, 0.15) is 0 Å². The van der Waals surface area contributed by atoms with Gasteiger partial charge in [-0.1, -0.05) is 0 Å². The van der Waals surface area contributed by atoms with Gasteiger partial charge >= 0.3 is 204 Å². The van der Waals surface area contributed by atoms with Crippen molar-refractivity contribution in [3.63, 3.8) is 0 Å². The number of fused-ring (bicyclic) bond motifs is 3. The van der Waals surface area contributed by atoms with Crippen LogP contribution in [0, 0.1) is 0 Å². The summed E-state index contributed by atoms with van der Waals surface area (Å²) in [6.07, 6.45) is 14.1. The van der Waals surface area contributed by atoms with Gasteiger partial charge in [0, 0.05) is 0 Å². The van der Waals surface area contributed by atoms with E-state index < -0.39 is 21.3 Å². The van der Waals surface area contributed by atoms with E-state index in [4.69, 9.17) is 0 Å². The molecule has 1 saturated carbocycles. The third-order valence-electron chi connectivity index (χ3n) is 7.74. The molecule has 5 rings (SSSR count). The molecule has 3 aliphatic rings. The average molecular weight is 662 g/mol. The van der Waals surface area contributed by atoms with Crippen LogP contribution in [0.15, 0.2) is 57.9 Å². The minimum atomic E-state index is -2.02. The first-order valence-corrected chi connectivity index (χ1v) is 16.4. The average Bonchev–Trinajstić information content (AvgIpc) is 3.48. The number of allylic oxidation sites excluding steroid dienone is 4. The second kappa shape index (κ2) is 10.6. The molecule has 1 fully saturated rings. The summed E-state index contributed by atoms with van der Waals surface area (Å²) < 4.78 is 4.48. The number of benzene rings is 2. The summed E-state index contributed by atoms with van der Waals surface area (Å²) in [7, 11) is 0. The standard InChI is InChI=1S/C21H25.C5H8.C5H5.2BrH.Zr/c1-20(2,3)16-9-7-14-11-15-8-10-17(21(4,5)6)13-19(15)18(14)12-16;2*1-2-4-5-3-1;;;/h7-13H,1-6H3;1-4H2;1-3H,4H2;2*1H;/q;;;;;+2/p-2. The van der Waals surface area contributed by atoms with Crippen molar-refractivity contribution in [2.75, 3.05) is 0 Å². The minimum absolute atomic E-state index is 0. The van der Waals surface area contributed by atoms with Gasteiger partial charge in [0.2, 0.25) is 0 Å². The first kappa shape index (κ1) is 28.2. The molecule has 0 N–H and O–H groups in total. The van der Waals surface area contributed by atoms with E-state index in [1.807, 2.05) is 6.49 Å². The maximum atomic E-state index is 2.54. The van der Waals surface area contributed by atoms with Gasteiger partial charge in [-0.25, -0.2) is 0 Å². The van der Waals surface area contributed by atoms with E-state index in [2.05, 4.69) is 96.2 Å². The van der Waals surface area contributed by atoms with Crippen LogP contribution in [-0.2, 0) is 32.1 Å².